The van der Waals surface area contributed by atoms with E-state index in [4.69, 9.17) is 10.1 Å². The molecule has 0 aliphatic carbocycles. The minimum absolute atomic E-state index is 0.121. The monoisotopic (exact) mass is 167 g/mol. The highest BCUT2D eigenvalue weighted by molar-refractivity contribution is 4.91. The number of rotatable bonds is 3. The van der Waals surface area contributed by atoms with E-state index in [-0.39, 0.29) is 12.5 Å². The topological polar surface area (TPSA) is 87.7 Å². The van der Waals surface area contributed by atoms with Crippen molar-refractivity contribution in [2.75, 3.05) is 0 Å². The van der Waals surface area contributed by atoms with Crippen molar-refractivity contribution in [1.29, 1.82) is 0 Å². The maximum atomic E-state index is 8.01. The van der Waals surface area contributed by atoms with Gasteiger partial charge in [0.2, 0.25) is 5.89 Å². The third-order valence-corrected chi connectivity index (χ3v) is 1.27. The van der Waals surface area contributed by atoms with Gasteiger partial charge in [0.1, 0.15) is 6.54 Å². The zero-order chi connectivity index (χ0) is 8.97. The molecule has 1 rings (SSSR count). The average molecular weight is 167 g/mol. The predicted molar refractivity (Wildman–Crippen MR) is 41.2 cm³/mol. The second-order valence-electron chi connectivity index (χ2n) is 2.59. The standard InChI is InChI=1S/C6H9N5O/c1-4(2)6-9-5(12-10-6)3-8-11-7/h4H,3H2,1-2H3. The average Bonchev–Trinajstić information content (AvgIpc) is 2.48. The Morgan fingerprint density at radius 1 is 1.67 bits per heavy atom. The molecule has 6 nitrogen and oxygen atoms in total. The molecule has 0 aliphatic rings. The van der Waals surface area contributed by atoms with Crippen LogP contribution in [0.4, 0.5) is 0 Å². The van der Waals surface area contributed by atoms with E-state index in [1.165, 1.54) is 0 Å². The van der Waals surface area contributed by atoms with E-state index in [0.29, 0.717) is 11.7 Å². The highest BCUT2D eigenvalue weighted by Crippen LogP contribution is 2.09. The van der Waals surface area contributed by atoms with E-state index in [9.17, 15) is 0 Å². The van der Waals surface area contributed by atoms with Crippen LogP contribution >= 0.6 is 0 Å². The molecule has 64 valence electrons. The van der Waals surface area contributed by atoms with Crippen molar-refractivity contribution in [2.45, 2.75) is 26.3 Å². The minimum atomic E-state index is 0.121. The van der Waals surface area contributed by atoms with Gasteiger partial charge in [-0.1, -0.05) is 24.1 Å². The summed E-state index contributed by atoms with van der Waals surface area (Å²) in [5.74, 6) is 1.23. The van der Waals surface area contributed by atoms with Gasteiger partial charge in [0.15, 0.2) is 5.82 Å². The minimum Gasteiger partial charge on any atom is -0.339 e. The molecule has 0 saturated carbocycles. The van der Waals surface area contributed by atoms with Gasteiger partial charge >= 0.3 is 0 Å². The van der Waals surface area contributed by atoms with Crippen molar-refractivity contribution in [1.82, 2.24) is 10.1 Å². The first-order chi connectivity index (χ1) is 5.74. The Labute approximate surface area is 69.2 Å². The Bertz CT molecular complexity index is 299. The van der Waals surface area contributed by atoms with Gasteiger partial charge in [-0.05, 0) is 5.53 Å². The fraction of sp³-hybridized carbons (Fsp3) is 0.667. The lowest BCUT2D eigenvalue weighted by molar-refractivity contribution is 0.372. The second-order valence-corrected chi connectivity index (χ2v) is 2.59. The highest BCUT2D eigenvalue weighted by atomic mass is 16.5. The molecule has 1 aromatic rings. The van der Waals surface area contributed by atoms with Crippen molar-refractivity contribution in [3.05, 3.63) is 22.2 Å². The smallest absolute Gasteiger partial charge is 0.232 e. The number of azide groups is 1. The fourth-order valence-corrected chi connectivity index (χ4v) is 0.659. The predicted octanol–water partition coefficient (Wildman–Crippen LogP) is 2.00. The van der Waals surface area contributed by atoms with Crippen LogP contribution in [0.2, 0.25) is 0 Å². The first kappa shape index (κ1) is 8.55. The lowest BCUT2D eigenvalue weighted by Gasteiger charge is -1.91. The molecular weight excluding hydrogens is 158 g/mol. The zero-order valence-corrected chi connectivity index (χ0v) is 6.93. The van der Waals surface area contributed by atoms with Crippen LogP contribution in [0.5, 0.6) is 0 Å². The molecule has 0 aliphatic heterocycles. The number of aromatic nitrogens is 2. The lowest BCUT2D eigenvalue weighted by atomic mass is 10.2. The summed E-state index contributed by atoms with van der Waals surface area (Å²) in [4.78, 5) is 6.59. The Morgan fingerprint density at radius 2 is 2.42 bits per heavy atom. The van der Waals surface area contributed by atoms with Crippen molar-refractivity contribution < 1.29 is 4.52 Å². The summed E-state index contributed by atoms with van der Waals surface area (Å²) >= 11 is 0. The fourth-order valence-electron chi connectivity index (χ4n) is 0.659. The molecule has 0 N–H and O–H groups in total. The molecule has 0 unspecified atom stereocenters. The molecule has 0 fully saturated rings. The third kappa shape index (κ3) is 1.96. The maximum absolute atomic E-state index is 8.01. The zero-order valence-electron chi connectivity index (χ0n) is 6.93. The van der Waals surface area contributed by atoms with Gasteiger partial charge in [-0.25, -0.2) is 0 Å². The molecule has 0 saturated heterocycles. The van der Waals surface area contributed by atoms with Gasteiger partial charge in [-0.3, -0.25) is 0 Å². The van der Waals surface area contributed by atoms with Crippen LogP contribution in [0.1, 0.15) is 31.5 Å². The molecule has 1 aromatic heterocycles. The van der Waals surface area contributed by atoms with E-state index >= 15 is 0 Å². The van der Waals surface area contributed by atoms with Crippen LogP contribution in [0.15, 0.2) is 9.64 Å². The van der Waals surface area contributed by atoms with E-state index in [1.54, 1.807) is 0 Å². The quantitative estimate of drug-likeness (QED) is 0.391. The Morgan fingerprint density at radius 3 is 2.92 bits per heavy atom. The van der Waals surface area contributed by atoms with Crippen LogP contribution in [0.3, 0.4) is 0 Å². The summed E-state index contributed by atoms with van der Waals surface area (Å²) in [6, 6.07) is 0. The molecule has 12 heavy (non-hydrogen) atoms. The van der Waals surface area contributed by atoms with Gasteiger partial charge in [0.05, 0.1) is 0 Å². The molecule has 0 amide bonds. The molecular formula is C6H9N5O. The largest absolute Gasteiger partial charge is 0.339 e. The second kappa shape index (κ2) is 3.73. The SMILES string of the molecule is CC(C)c1noc(CN=[N+]=[N-])n1. The van der Waals surface area contributed by atoms with Crippen LogP contribution in [0, 0.1) is 0 Å². The molecule has 0 aromatic carbocycles. The van der Waals surface area contributed by atoms with Crippen LogP contribution in [0.25, 0.3) is 10.4 Å². The Hall–Kier alpha value is -1.55. The number of nitrogens with zero attached hydrogens (tertiary/aromatic N) is 5. The Balaban J connectivity index is 2.70. The molecule has 0 atom stereocenters. The van der Waals surface area contributed by atoms with E-state index < -0.39 is 0 Å². The summed E-state index contributed by atoms with van der Waals surface area (Å²) in [5.41, 5.74) is 8.01. The van der Waals surface area contributed by atoms with Crippen molar-refractivity contribution >= 4 is 0 Å². The summed E-state index contributed by atoms with van der Waals surface area (Å²) in [6.45, 7) is 4.04. The molecule has 1 heterocycles. The van der Waals surface area contributed by atoms with Crippen molar-refractivity contribution in [3.8, 4) is 0 Å². The molecule has 0 spiro atoms. The van der Waals surface area contributed by atoms with Crippen LogP contribution in [-0.2, 0) is 6.54 Å². The molecule has 0 radical (unpaired) electrons. The first-order valence-electron chi connectivity index (χ1n) is 3.57. The van der Waals surface area contributed by atoms with Crippen LogP contribution < -0.4 is 0 Å². The van der Waals surface area contributed by atoms with Gasteiger partial charge in [-0.15, -0.1) is 0 Å². The highest BCUT2D eigenvalue weighted by Gasteiger charge is 2.07. The summed E-state index contributed by atoms with van der Waals surface area (Å²) in [7, 11) is 0. The summed E-state index contributed by atoms with van der Waals surface area (Å²) in [6.07, 6.45) is 0. The van der Waals surface area contributed by atoms with Gasteiger partial charge in [0.25, 0.3) is 0 Å². The van der Waals surface area contributed by atoms with E-state index in [2.05, 4.69) is 20.2 Å². The van der Waals surface area contributed by atoms with Gasteiger partial charge in [-0.2, -0.15) is 4.98 Å². The number of hydrogen-bond donors (Lipinski definition) is 0. The van der Waals surface area contributed by atoms with E-state index in [0.717, 1.165) is 0 Å². The molecule has 0 bridgehead atoms. The molecule has 6 heteroatoms. The van der Waals surface area contributed by atoms with Crippen LogP contribution in [-0.4, -0.2) is 10.1 Å². The first-order valence-corrected chi connectivity index (χ1v) is 3.57. The van der Waals surface area contributed by atoms with Gasteiger partial charge < -0.3 is 4.52 Å². The van der Waals surface area contributed by atoms with Crippen molar-refractivity contribution in [2.24, 2.45) is 5.11 Å². The lowest BCUT2D eigenvalue weighted by Crippen LogP contribution is -1.89. The normalized spacial score (nSPS) is 9.92. The number of hydrogen-bond acceptors (Lipinski definition) is 4. The summed E-state index contributed by atoms with van der Waals surface area (Å²) in [5, 5.41) is 7.00. The van der Waals surface area contributed by atoms with Crippen molar-refractivity contribution in [3.63, 3.8) is 0 Å². The van der Waals surface area contributed by atoms with E-state index in [1.807, 2.05) is 13.8 Å². The Kier molecular flexibility index (Phi) is 2.66. The summed E-state index contributed by atoms with van der Waals surface area (Å²) < 4.78 is 4.80. The third-order valence-electron chi connectivity index (χ3n) is 1.27. The van der Waals surface area contributed by atoms with Gasteiger partial charge in [0, 0.05) is 10.8 Å². The maximum Gasteiger partial charge on any atom is 0.232 e.